The summed E-state index contributed by atoms with van der Waals surface area (Å²) in [4.78, 5) is 13.8. The molecule has 1 N–H and O–H groups in total. The number of halogens is 1. The molecule has 2 aliphatic rings. The third-order valence-electron chi connectivity index (χ3n) is 7.64. The molecular weight excluding hydrogens is 455 g/mol. The van der Waals surface area contributed by atoms with Gasteiger partial charge in [-0.1, -0.05) is 19.1 Å². The molecule has 0 saturated carbocycles. The Kier molecular flexibility index (Phi) is 6.09. The first kappa shape index (κ1) is 23.0. The van der Waals surface area contributed by atoms with Crippen LogP contribution in [0.3, 0.4) is 0 Å². The summed E-state index contributed by atoms with van der Waals surface area (Å²) in [5.41, 5.74) is 4.38. The molecule has 186 valence electrons. The molecule has 2 aliphatic heterocycles. The van der Waals surface area contributed by atoms with E-state index in [9.17, 15) is 9.50 Å². The summed E-state index contributed by atoms with van der Waals surface area (Å²) in [6.07, 6.45) is 5.19. The Labute approximate surface area is 210 Å². The molecule has 2 aromatic heterocycles. The Balaban J connectivity index is 1.45. The summed E-state index contributed by atoms with van der Waals surface area (Å²) in [6, 6.07) is 14.9. The zero-order chi connectivity index (χ0) is 24.6. The number of benzene rings is 2. The summed E-state index contributed by atoms with van der Waals surface area (Å²) < 4.78 is 20.2. The van der Waals surface area contributed by atoms with Crippen LogP contribution in [0.25, 0.3) is 33.6 Å². The van der Waals surface area contributed by atoms with Gasteiger partial charge in [0.1, 0.15) is 23.7 Å². The number of fused-ring (bicyclic) bond motifs is 1. The molecule has 7 heteroatoms. The molecule has 6 nitrogen and oxygen atoms in total. The van der Waals surface area contributed by atoms with Gasteiger partial charge in [-0.2, -0.15) is 0 Å². The first-order valence-corrected chi connectivity index (χ1v) is 12.9. The molecular formula is C29H31FN4O2. The number of aromatic nitrogens is 2. The molecule has 2 fully saturated rings. The summed E-state index contributed by atoms with van der Waals surface area (Å²) in [5.74, 6) is 2.02. The van der Waals surface area contributed by atoms with Crippen LogP contribution in [0.5, 0.6) is 0 Å². The van der Waals surface area contributed by atoms with E-state index in [1.54, 1.807) is 18.5 Å². The molecule has 0 unspecified atom stereocenters. The lowest BCUT2D eigenvalue weighted by Crippen LogP contribution is -2.35. The van der Waals surface area contributed by atoms with Crippen LogP contribution in [-0.2, 0) is 0 Å². The van der Waals surface area contributed by atoms with Crippen LogP contribution in [-0.4, -0.2) is 47.4 Å². The molecule has 0 radical (unpaired) electrons. The molecule has 2 aromatic carbocycles. The summed E-state index contributed by atoms with van der Waals surface area (Å²) in [5, 5.41) is 10.7. The highest BCUT2D eigenvalue weighted by Gasteiger charge is 2.26. The second-order valence-corrected chi connectivity index (χ2v) is 10.1. The fourth-order valence-corrected chi connectivity index (χ4v) is 5.42. The summed E-state index contributed by atoms with van der Waals surface area (Å²) in [7, 11) is 0. The molecule has 0 bridgehead atoms. The van der Waals surface area contributed by atoms with Gasteiger partial charge in [0.2, 0.25) is 5.71 Å². The van der Waals surface area contributed by atoms with Crippen molar-refractivity contribution in [2.75, 3.05) is 36.0 Å². The highest BCUT2D eigenvalue weighted by Crippen LogP contribution is 2.44. The van der Waals surface area contributed by atoms with E-state index in [-0.39, 0.29) is 11.9 Å². The normalized spacial score (nSPS) is 17.8. The van der Waals surface area contributed by atoms with Crippen molar-refractivity contribution in [1.29, 1.82) is 0 Å². The van der Waals surface area contributed by atoms with Crippen molar-refractivity contribution < 1.29 is 13.9 Å². The number of rotatable bonds is 4. The predicted octanol–water partition coefficient (Wildman–Crippen LogP) is 5.89. The number of aliphatic hydroxyl groups is 1. The maximum Gasteiger partial charge on any atom is 0.232 e. The van der Waals surface area contributed by atoms with Crippen LogP contribution in [0.1, 0.15) is 32.6 Å². The van der Waals surface area contributed by atoms with Gasteiger partial charge >= 0.3 is 0 Å². The molecule has 0 aliphatic carbocycles. The van der Waals surface area contributed by atoms with E-state index < -0.39 is 0 Å². The Morgan fingerprint density at radius 1 is 0.833 bits per heavy atom. The molecule has 6 rings (SSSR count). The monoisotopic (exact) mass is 486 g/mol. The average molecular weight is 487 g/mol. The maximum atomic E-state index is 13.8. The number of piperidine rings is 2. The van der Waals surface area contributed by atoms with Gasteiger partial charge in [0, 0.05) is 43.0 Å². The topological polar surface area (TPSA) is 65.6 Å². The Morgan fingerprint density at radius 2 is 1.47 bits per heavy atom. The Morgan fingerprint density at radius 3 is 2.17 bits per heavy atom. The number of aliphatic hydroxyl groups excluding tert-OH is 1. The van der Waals surface area contributed by atoms with E-state index in [0.29, 0.717) is 17.4 Å². The van der Waals surface area contributed by atoms with Gasteiger partial charge in [-0.25, -0.2) is 14.4 Å². The largest absolute Gasteiger partial charge is 0.437 e. The van der Waals surface area contributed by atoms with Gasteiger partial charge < -0.3 is 19.3 Å². The van der Waals surface area contributed by atoms with E-state index in [1.165, 1.54) is 12.1 Å². The molecule has 4 heterocycles. The minimum Gasteiger partial charge on any atom is -0.437 e. The smallest absolute Gasteiger partial charge is 0.232 e. The molecule has 4 aromatic rings. The Hall–Kier alpha value is -3.45. The van der Waals surface area contributed by atoms with Crippen LogP contribution in [0.4, 0.5) is 15.9 Å². The highest BCUT2D eigenvalue weighted by molar-refractivity contribution is 6.06. The first-order valence-electron chi connectivity index (χ1n) is 12.9. The molecule has 0 spiro atoms. The van der Waals surface area contributed by atoms with Crippen molar-refractivity contribution in [3.63, 3.8) is 0 Å². The third-order valence-corrected chi connectivity index (χ3v) is 7.64. The van der Waals surface area contributed by atoms with Crippen molar-refractivity contribution in [3.05, 3.63) is 60.7 Å². The third kappa shape index (κ3) is 4.32. The SMILES string of the molecule is CC1CCN(c2ncnc3oc(-c4ccc(N5CCC(O)CC5)cc4)c(-c4ccc(F)cc4)c23)CC1. The van der Waals surface area contributed by atoms with Gasteiger partial charge in [0.15, 0.2) is 0 Å². The van der Waals surface area contributed by atoms with E-state index in [2.05, 4.69) is 46.0 Å². The Bertz CT molecular complexity index is 1340. The summed E-state index contributed by atoms with van der Waals surface area (Å²) >= 11 is 0. The lowest BCUT2D eigenvalue weighted by Gasteiger charge is -2.31. The van der Waals surface area contributed by atoms with Crippen molar-refractivity contribution >= 4 is 22.6 Å². The predicted molar refractivity (Wildman–Crippen MR) is 141 cm³/mol. The minimum absolute atomic E-state index is 0.201. The van der Waals surface area contributed by atoms with Gasteiger partial charge in [0.05, 0.1) is 11.5 Å². The average Bonchev–Trinajstić information content (AvgIpc) is 3.30. The number of hydrogen-bond acceptors (Lipinski definition) is 6. The second-order valence-electron chi connectivity index (χ2n) is 10.1. The van der Waals surface area contributed by atoms with E-state index in [1.807, 2.05) is 0 Å². The molecule has 0 atom stereocenters. The van der Waals surface area contributed by atoms with Gasteiger partial charge in [0.25, 0.3) is 0 Å². The quantitative estimate of drug-likeness (QED) is 0.388. The first-order chi connectivity index (χ1) is 17.6. The van der Waals surface area contributed by atoms with Crippen molar-refractivity contribution in [1.82, 2.24) is 9.97 Å². The van der Waals surface area contributed by atoms with E-state index in [0.717, 1.165) is 85.4 Å². The van der Waals surface area contributed by atoms with Gasteiger partial charge in [-0.15, -0.1) is 0 Å². The zero-order valence-electron chi connectivity index (χ0n) is 20.5. The second kappa shape index (κ2) is 9.54. The maximum absolute atomic E-state index is 13.8. The summed E-state index contributed by atoms with van der Waals surface area (Å²) in [6.45, 7) is 5.87. The molecule has 0 amide bonds. The van der Waals surface area contributed by atoms with E-state index in [4.69, 9.17) is 9.40 Å². The number of hydrogen-bond donors (Lipinski definition) is 1. The van der Waals surface area contributed by atoms with Crippen molar-refractivity contribution in [2.45, 2.75) is 38.7 Å². The number of furan rings is 1. The fraction of sp³-hybridized carbons (Fsp3) is 0.379. The number of anilines is 2. The number of nitrogens with zero attached hydrogens (tertiary/aromatic N) is 4. The van der Waals surface area contributed by atoms with Gasteiger partial charge in [-0.05, 0) is 73.6 Å². The van der Waals surface area contributed by atoms with Crippen LogP contribution < -0.4 is 9.80 Å². The minimum atomic E-state index is -0.273. The molecule has 2 saturated heterocycles. The zero-order valence-corrected chi connectivity index (χ0v) is 20.5. The van der Waals surface area contributed by atoms with Gasteiger partial charge in [-0.3, -0.25) is 0 Å². The molecule has 36 heavy (non-hydrogen) atoms. The fourth-order valence-electron chi connectivity index (χ4n) is 5.42. The van der Waals surface area contributed by atoms with E-state index >= 15 is 0 Å². The lowest BCUT2D eigenvalue weighted by atomic mass is 9.97. The standard InChI is InChI=1S/C29H31FN4O2/c1-19-10-14-34(15-11-19)28-26-25(20-2-6-22(30)7-3-20)27(36-29(26)32-18-31-28)21-4-8-23(9-5-21)33-16-12-24(35)13-17-33/h2-9,18-19,24,35H,10-17H2,1H3. The lowest BCUT2D eigenvalue weighted by molar-refractivity contribution is 0.145. The highest BCUT2D eigenvalue weighted by atomic mass is 19.1. The van der Waals surface area contributed by atoms with Crippen LogP contribution >= 0.6 is 0 Å². The van der Waals surface area contributed by atoms with Crippen molar-refractivity contribution in [3.8, 4) is 22.5 Å². The van der Waals surface area contributed by atoms with Crippen LogP contribution in [0.15, 0.2) is 59.3 Å². The van der Waals surface area contributed by atoms with Crippen LogP contribution in [0.2, 0.25) is 0 Å². The van der Waals surface area contributed by atoms with Crippen molar-refractivity contribution in [2.24, 2.45) is 5.92 Å². The van der Waals surface area contributed by atoms with Crippen LogP contribution in [0, 0.1) is 11.7 Å².